The van der Waals surface area contributed by atoms with E-state index in [1.165, 1.54) is 4.90 Å². The van der Waals surface area contributed by atoms with Crippen LogP contribution in [0.5, 0.6) is 11.5 Å². The molecule has 2 aliphatic heterocycles. The lowest BCUT2D eigenvalue weighted by Gasteiger charge is -2.40. The van der Waals surface area contributed by atoms with Crippen LogP contribution in [0.2, 0.25) is 10.0 Å². The average Bonchev–Trinajstić information content (AvgIpc) is 3.09. The van der Waals surface area contributed by atoms with Crippen LogP contribution in [0.25, 0.3) is 0 Å². The Morgan fingerprint density at radius 3 is 2.45 bits per heavy atom. The summed E-state index contributed by atoms with van der Waals surface area (Å²) in [5.41, 5.74) is 3.73. The van der Waals surface area contributed by atoms with E-state index in [2.05, 4.69) is 27.4 Å². The van der Waals surface area contributed by atoms with E-state index in [1.807, 2.05) is 18.2 Å². The van der Waals surface area contributed by atoms with Gasteiger partial charge in [-0.1, -0.05) is 75.2 Å². The standard InChI is InChI=1S/C40H44Cl2N2O7/c1-22(2)30-13-7-24(5)15-35(30)51-39(46)34-18-27-17-33-36(19-28(27)20-44(34)40(47)49-23(3)4)50-37(38(45)43(33)6)26-9-11-29(12-10-26)48-21-25-8-14-31(41)32(42)16-25/h8-12,14,16-17,19,22,24,30,34-35,37H,3,7,13,15,18,20-21H2,1-2,4-6H3/t24-,30+,34+,35-,37-/m1/s1. The van der Waals surface area contributed by atoms with Gasteiger partial charge in [0.15, 0.2) is 0 Å². The maximum atomic E-state index is 13.9. The molecular formula is C40H44Cl2N2O7. The number of carbonyl (C=O) groups is 3. The van der Waals surface area contributed by atoms with Gasteiger partial charge in [-0.25, -0.2) is 9.59 Å². The highest BCUT2D eigenvalue weighted by Crippen LogP contribution is 2.43. The molecule has 51 heavy (non-hydrogen) atoms. The van der Waals surface area contributed by atoms with Gasteiger partial charge in [-0.05, 0) is 90.6 Å². The van der Waals surface area contributed by atoms with E-state index in [0.29, 0.717) is 51.2 Å². The summed E-state index contributed by atoms with van der Waals surface area (Å²) >= 11 is 12.1. The molecule has 5 atom stereocenters. The van der Waals surface area contributed by atoms with Crippen molar-refractivity contribution in [1.29, 1.82) is 0 Å². The Hall–Kier alpha value is -4.21. The molecular weight excluding hydrogens is 691 g/mol. The number of likely N-dealkylation sites (N-methyl/N-ethyl adjacent to an activating group) is 1. The van der Waals surface area contributed by atoms with Gasteiger partial charge >= 0.3 is 12.1 Å². The van der Waals surface area contributed by atoms with Crippen LogP contribution in [0.4, 0.5) is 10.5 Å². The number of hydrogen-bond acceptors (Lipinski definition) is 7. The van der Waals surface area contributed by atoms with E-state index >= 15 is 0 Å². The van der Waals surface area contributed by atoms with Gasteiger partial charge in [0.2, 0.25) is 6.10 Å². The Morgan fingerprint density at radius 1 is 1.02 bits per heavy atom. The quantitative estimate of drug-likeness (QED) is 0.168. The zero-order valence-corrected chi connectivity index (χ0v) is 31.1. The molecule has 0 bridgehead atoms. The lowest BCUT2D eigenvalue weighted by molar-refractivity contribution is -0.162. The lowest BCUT2D eigenvalue weighted by atomic mass is 9.75. The van der Waals surface area contributed by atoms with Crippen LogP contribution in [-0.4, -0.2) is 42.1 Å². The number of carbonyl (C=O) groups excluding carboxylic acids is 3. The highest BCUT2D eigenvalue weighted by molar-refractivity contribution is 6.42. The van der Waals surface area contributed by atoms with E-state index in [-0.39, 0.29) is 36.7 Å². The van der Waals surface area contributed by atoms with Crippen molar-refractivity contribution in [2.45, 2.75) is 84.8 Å². The Morgan fingerprint density at radius 2 is 1.76 bits per heavy atom. The van der Waals surface area contributed by atoms with Gasteiger partial charge in [0.1, 0.15) is 30.3 Å². The number of fused-ring (bicyclic) bond motifs is 2. The number of esters is 1. The second kappa shape index (κ2) is 15.2. The van der Waals surface area contributed by atoms with Crippen molar-refractivity contribution in [2.24, 2.45) is 17.8 Å². The smallest absolute Gasteiger partial charge is 0.415 e. The number of nitrogens with zero attached hydrogens (tertiary/aromatic N) is 2. The molecule has 1 fully saturated rings. The zero-order valence-electron chi connectivity index (χ0n) is 29.6. The molecule has 2 amide bonds. The van der Waals surface area contributed by atoms with E-state index in [4.69, 9.17) is 42.1 Å². The molecule has 2 heterocycles. The van der Waals surface area contributed by atoms with Gasteiger partial charge in [0, 0.05) is 19.0 Å². The Kier molecular flexibility index (Phi) is 10.9. The predicted octanol–water partition coefficient (Wildman–Crippen LogP) is 9.07. The topological polar surface area (TPSA) is 94.6 Å². The van der Waals surface area contributed by atoms with Crippen molar-refractivity contribution < 1.29 is 33.3 Å². The first-order valence-electron chi connectivity index (χ1n) is 17.4. The van der Waals surface area contributed by atoms with Crippen molar-refractivity contribution >= 4 is 46.9 Å². The summed E-state index contributed by atoms with van der Waals surface area (Å²) < 4.78 is 23.9. The summed E-state index contributed by atoms with van der Waals surface area (Å²) in [6.07, 6.45) is 1.31. The number of allylic oxidation sites excluding steroid dienone is 1. The largest absolute Gasteiger partial charge is 0.489 e. The van der Waals surface area contributed by atoms with Gasteiger partial charge in [-0.2, -0.15) is 0 Å². The molecule has 0 N–H and O–H groups in total. The van der Waals surface area contributed by atoms with Crippen LogP contribution < -0.4 is 14.4 Å². The van der Waals surface area contributed by atoms with Crippen LogP contribution in [-0.2, 0) is 38.6 Å². The molecule has 0 aromatic heterocycles. The Bertz CT molecular complexity index is 1830. The van der Waals surface area contributed by atoms with E-state index in [9.17, 15) is 14.4 Å². The van der Waals surface area contributed by atoms with E-state index < -0.39 is 24.2 Å². The first-order chi connectivity index (χ1) is 24.3. The molecule has 3 aromatic rings. The highest BCUT2D eigenvalue weighted by Gasteiger charge is 2.42. The molecule has 1 aliphatic carbocycles. The molecule has 1 saturated carbocycles. The normalized spacial score (nSPS) is 22.8. The molecule has 0 spiro atoms. The fourth-order valence-corrected chi connectivity index (χ4v) is 7.59. The van der Waals surface area contributed by atoms with Gasteiger partial charge < -0.3 is 23.8 Å². The fraction of sp³-hybridized carbons (Fsp3) is 0.425. The second-order valence-electron chi connectivity index (χ2n) is 14.3. The van der Waals surface area contributed by atoms with Gasteiger partial charge in [-0.3, -0.25) is 9.69 Å². The second-order valence-corrected chi connectivity index (χ2v) is 15.1. The third kappa shape index (κ3) is 8.00. The van der Waals surface area contributed by atoms with Crippen LogP contribution in [0.15, 0.2) is 66.9 Å². The SMILES string of the molecule is C=C(C)OC(=O)N1Cc2cc3c(cc2C[C@H]1C(=O)O[C@@H]1C[C@H](C)CC[C@H]1C(C)C)N(C)C(=O)[C@@H](c1ccc(OCc2ccc(Cl)c(Cl)c2)cc1)O3. The summed E-state index contributed by atoms with van der Waals surface area (Å²) in [5.74, 6) is 1.71. The number of anilines is 1. The number of halogens is 2. The fourth-order valence-electron chi connectivity index (χ4n) is 7.27. The number of benzene rings is 3. The van der Waals surface area contributed by atoms with Crippen LogP contribution >= 0.6 is 23.2 Å². The van der Waals surface area contributed by atoms with Gasteiger partial charge in [-0.15, -0.1) is 0 Å². The summed E-state index contributed by atoms with van der Waals surface area (Å²) in [6, 6.07) is 15.3. The van der Waals surface area contributed by atoms with E-state index in [1.54, 1.807) is 55.3 Å². The minimum Gasteiger partial charge on any atom is -0.489 e. The van der Waals surface area contributed by atoms with Crippen LogP contribution in [0.3, 0.4) is 0 Å². The van der Waals surface area contributed by atoms with Crippen LogP contribution in [0, 0.1) is 17.8 Å². The Balaban J connectivity index is 1.21. The minimum atomic E-state index is -0.900. The first-order valence-corrected chi connectivity index (χ1v) is 18.2. The third-order valence-electron chi connectivity index (χ3n) is 10.1. The maximum absolute atomic E-state index is 13.9. The molecule has 0 radical (unpaired) electrons. The monoisotopic (exact) mass is 734 g/mol. The molecule has 0 saturated heterocycles. The van der Waals surface area contributed by atoms with Gasteiger partial charge in [0.25, 0.3) is 5.91 Å². The number of amides is 2. The summed E-state index contributed by atoms with van der Waals surface area (Å²) in [6.45, 7) is 12.2. The molecule has 11 heteroatoms. The van der Waals surface area contributed by atoms with E-state index in [0.717, 1.165) is 36.0 Å². The zero-order chi connectivity index (χ0) is 36.6. The van der Waals surface area contributed by atoms with Gasteiger partial charge in [0.05, 0.1) is 28.0 Å². The summed E-state index contributed by atoms with van der Waals surface area (Å²) in [7, 11) is 1.71. The Labute approximate surface area is 309 Å². The lowest BCUT2D eigenvalue weighted by Crippen LogP contribution is -2.51. The number of hydrogen-bond donors (Lipinski definition) is 0. The summed E-state index contributed by atoms with van der Waals surface area (Å²) in [5, 5.41) is 0.933. The molecule has 6 rings (SSSR count). The van der Waals surface area contributed by atoms with Crippen molar-refractivity contribution in [1.82, 2.24) is 4.90 Å². The first kappa shape index (κ1) is 36.6. The molecule has 0 unspecified atom stereocenters. The third-order valence-corrected chi connectivity index (χ3v) is 10.9. The predicted molar refractivity (Wildman–Crippen MR) is 196 cm³/mol. The average molecular weight is 736 g/mol. The van der Waals surface area contributed by atoms with Crippen molar-refractivity contribution in [3.05, 3.63) is 99.2 Å². The number of rotatable bonds is 8. The molecule has 3 aliphatic rings. The molecule has 9 nitrogen and oxygen atoms in total. The van der Waals surface area contributed by atoms with Crippen molar-refractivity contribution in [3.8, 4) is 11.5 Å². The highest BCUT2D eigenvalue weighted by atomic mass is 35.5. The summed E-state index contributed by atoms with van der Waals surface area (Å²) in [4.78, 5) is 43.9. The molecule has 3 aromatic carbocycles. The van der Waals surface area contributed by atoms with Crippen molar-refractivity contribution in [2.75, 3.05) is 11.9 Å². The van der Waals surface area contributed by atoms with Crippen LogP contribution in [0.1, 0.15) is 75.3 Å². The molecule has 270 valence electrons. The van der Waals surface area contributed by atoms with Crippen molar-refractivity contribution in [3.63, 3.8) is 0 Å². The maximum Gasteiger partial charge on any atom is 0.415 e. The minimum absolute atomic E-state index is 0.0970. The number of ether oxygens (including phenoxy) is 4.